The van der Waals surface area contributed by atoms with Crippen molar-refractivity contribution in [3.63, 3.8) is 0 Å². The standard InChI is InChI=1S/C17H21N3OS/c1-3-14-6-12(10-22-14)17(21)20-9-16-11(2)19-8-13-7-18-5-4-15(13)16/h6,8,10,18H,3-5,7,9H2,1-2H3,(H,20,21). The Hall–Kier alpha value is -1.72. The van der Waals surface area contributed by atoms with Gasteiger partial charge in [0.05, 0.1) is 5.56 Å². The van der Waals surface area contributed by atoms with Crippen LogP contribution in [0, 0.1) is 6.92 Å². The largest absolute Gasteiger partial charge is 0.348 e. The molecule has 0 aliphatic carbocycles. The van der Waals surface area contributed by atoms with Crippen LogP contribution in [0.4, 0.5) is 0 Å². The number of carbonyl (C=O) groups is 1. The summed E-state index contributed by atoms with van der Waals surface area (Å²) < 4.78 is 0. The number of thiophene rings is 1. The van der Waals surface area contributed by atoms with Crippen molar-refractivity contribution in [2.45, 2.75) is 39.8 Å². The van der Waals surface area contributed by atoms with E-state index < -0.39 is 0 Å². The summed E-state index contributed by atoms with van der Waals surface area (Å²) in [6, 6.07) is 1.98. The highest BCUT2D eigenvalue weighted by Crippen LogP contribution is 2.21. The monoisotopic (exact) mass is 315 g/mol. The lowest BCUT2D eigenvalue weighted by atomic mass is 9.96. The number of nitrogens with one attached hydrogen (secondary N) is 2. The van der Waals surface area contributed by atoms with Gasteiger partial charge in [-0.05, 0) is 49.1 Å². The fraction of sp³-hybridized carbons (Fsp3) is 0.412. The van der Waals surface area contributed by atoms with Crippen LogP contribution < -0.4 is 10.6 Å². The van der Waals surface area contributed by atoms with Crippen molar-refractivity contribution in [3.8, 4) is 0 Å². The van der Waals surface area contributed by atoms with Gasteiger partial charge in [-0.3, -0.25) is 9.78 Å². The third-order valence-electron chi connectivity index (χ3n) is 4.16. The quantitative estimate of drug-likeness (QED) is 0.912. The maximum absolute atomic E-state index is 12.3. The first kappa shape index (κ1) is 15.2. The van der Waals surface area contributed by atoms with Crippen molar-refractivity contribution in [2.24, 2.45) is 0 Å². The summed E-state index contributed by atoms with van der Waals surface area (Å²) in [5.74, 6) is 0.00175. The number of carbonyl (C=O) groups excluding carboxylic acids is 1. The molecular formula is C17H21N3OS. The summed E-state index contributed by atoms with van der Waals surface area (Å²) in [4.78, 5) is 18.0. The summed E-state index contributed by atoms with van der Waals surface area (Å²) in [6.45, 7) is 6.53. The predicted octanol–water partition coefficient (Wildman–Crippen LogP) is 2.59. The van der Waals surface area contributed by atoms with Gasteiger partial charge in [0, 0.05) is 35.2 Å². The van der Waals surface area contributed by atoms with E-state index in [9.17, 15) is 4.79 Å². The lowest BCUT2D eigenvalue weighted by Crippen LogP contribution is -2.28. The molecule has 0 aromatic carbocycles. The van der Waals surface area contributed by atoms with E-state index in [0.29, 0.717) is 6.54 Å². The third-order valence-corrected chi connectivity index (χ3v) is 5.24. The Kier molecular flexibility index (Phi) is 4.55. The molecule has 1 aliphatic rings. The highest BCUT2D eigenvalue weighted by Gasteiger charge is 2.16. The van der Waals surface area contributed by atoms with Gasteiger partial charge in [-0.25, -0.2) is 0 Å². The molecule has 3 rings (SSSR count). The van der Waals surface area contributed by atoms with Crippen molar-refractivity contribution in [1.82, 2.24) is 15.6 Å². The highest BCUT2D eigenvalue weighted by atomic mass is 32.1. The first-order valence-electron chi connectivity index (χ1n) is 7.71. The first-order valence-corrected chi connectivity index (χ1v) is 8.59. The van der Waals surface area contributed by atoms with Gasteiger partial charge in [0.1, 0.15) is 0 Å². The Morgan fingerprint density at radius 1 is 1.50 bits per heavy atom. The topological polar surface area (TPSA) is 54.0 Å². The number of hydrogen-bond donors (Lipinski definition) is 2. The van der Waals surface area contributed by atoms with Gasteiger partial charge >= 0.3 is 0 Å². The van der Waals surface area contributed by atoms with E-state index in [0.717, 1.165) is 37.2 Å². The van der Waals surface area contributed by atoms with E-state index in [4.69, 9.17) is 0 Å². The number of pyridine rings is 1. The average Bonchev–Trinajstić information content (AvgIpc) is 3.03. The molecule has 3 heterocycles. The first-order chi connectivity index (χ1) is 10.7. The summed E-state index contributed by atoms with van der Waals surface area (Å²) in [5.41, 5.74) is 5.56. The molecule has 2 aromatic heterocycles. The third kappa shape index (κ3) is 3.05. The van der Waals surface area contributed by atoms with Gasteiger partial charge in [0.25, 0.3) is 5.91 Å². The molecule has 4 nitrogen and oxygen atoms in total. The van der Waals surface area contributed by atoms with Gasteiger partial charge in [-0.15, -0.1) is 11.3 Å². The molecule has 1 amide bonds. The average molecular weight is 315 g/mol. The van der Waals surface area contributed by atoms with Crippen molar-refractivity contribution >= 4 is 17.2 Å². The van der Waals surface area contributed by atoms with E-state index in [2.05, 4.69) is 22.5 Å². The van der Waals surface area contributed by atoms with Crippen LogP contribution in [-0.4, -0.2) is 17.4 Å². The van der Waals surface area contributed by atoms with Crippen LogP contribution >= 0.6 is 11.3 Å². The van der Waals surface area contributed by atoms with Gasteiger partial charge in [0.15, 0.2) is 0 Å². The second kappa shape index (κ2) is 6.58. The van der Waals surface area contributed by atoms with E-state index in [1.165, 1.54) is 21.6 Å². The van der Waals surface area contributed by atoms with E-state index >= 15 is 0 Å². The van der Waals surface area contributed by atoms with Crippen molar-refractivity contribution in [2.75, 3.05) is 6.54 Å². The zero-order valence-corrected chi connectivity index (χ0v) is 13.8. The van der Waals surface area contributed by atoms with Crippen molar-refractivity contribution in [3.05, 3.63) is 50.5 Å². The number of rotatable bonds is 4. The number of nitrogens with zero attached hydrogens (tertiary/aromatic N) is 1. The van der Waals surface area contributed by atoms with Crippen LogP contribution in [0.5, 0.6) is 0 Å². The fourth-order valence-corrected chi connectivity index (χ4v) is 3.65. The van der Waals surface area contributed by atoms with Crippen LogP contribution in [0.2, 0.25) is 0 Å². The smallest absolute Gasteiger partial charge is 0.252 e. The Morgan fingerprint density at radius 2 is 2.36 bits per heavy atom. The van der Waals surface area contributed by atoms with Crippen LogP contribution in [0.3, 0.4) is 0 Å². The van der Waals surface area contributed by atoms with E-state index in [1.54, 1.807) is 11.3 Å². The number of hydrogen-bond acceptors (Lipinski definition) is 4. The number of aryl methyl sites for hydroxylation is 2. The number of amides is 1. The van der Waals surface area contributed by atoms with Crippen LogP contribution in [0.1, 0.15) is 44.5 Å². The number of aromatic nitrogens is 1. The molecule has 116 valence electrons. The SMILES string of the molecule is CCc1cc(C(=O)NCc2c(C)ncc3c2CCNC3)cs1. The lowest BCUT2D eigenvalue weighted by Gasteiger charge is -2.21. The van der Waals surface area contributed by atoms with Crippen molar-refractivity contribution < 1.29 is 4.79 Å². The molecule has 2 N–H and O–H groups in total. The van der Waals surface area contributed by atoms with Gasteiger partial charge in [-0.1, -0.05) is 6.92 Å². The van der Waals surface area contributed by atoms with Gasteiger partial charge in [0.2, 0.25) is 0 Å². The minimum Gasteiger partial charge on any atom is -0.348 e. The predicted molar refractivity (Wildman–Crippen MR) is 89.3 cm³/mol. The molecule has 0 saturated carbocycles. The molecule has 0 saturated heterocycles. The van der Waals surface area contributed by atoms with E-state index in [1.807, 2.05) is 24.6 Å². The molecule has 0 spiro atoms. The summed E-state index contributed by atoms with van der Waals surface area (Å²) in [6.07, 6.45) is 3.93. The Bertz CT molecular complexity index is 693. The molecule has 2 aromatic rings. The molecule has 0 atom stereocenters. The maximum Gasteiger partial charge on any atom is 0.252 e. The Morgan fingerprint density at radius 3 is 3.14 bits per heavy atom. The summed E-state index contributed by atoms with van der Waals surface area (Å²) >= 11 is 1.64. The molecule has 0 bridgehead atoms. The van der Waals surface area contributed by atoms with Gasteiger partial charge < -0.3 is 10.6 Å². The second-order valence-corrected chi connectivity index (χ2v) is 6.59. The van der Waals surface area contributed by atoms with Crippen LogP contribution in [0.25, 0.3) is 0 Å². The lowest BCUT2D eigenvalue weighted by molar-refractivity contribution is 0.0951. The zero-order chi connectivity index (χ0) is 15.5. The molecule has 22 heavy (non-hydrogen) atoms. The van der Waals surface area contributed by atoms with E-state index in [-0.39, 0.29) is 5.91 Å². The van der Waals surface area contributed by atoms with Gasteiger partial charge in [-0.2, -0.15) is 0 Å². The minimum absolute atomic E-state index is 0.00175. The fourth-order valence-electron chi connectivity index (χ4n) is 2.83. The highest BCUT2D eigenvalue weighted by molar-refractivity contribution is 7.10. The van der Waals surface area contributed by atoms with Crippen LogP contribution in [0.15, 0.2) is 17.6 Å². The molecule has 0 fully saturated rings. The Labute approximate surface area is 135 Å². The van der Waals surface area contributed by atoms with Crippen molar-refractivity contribution in [1.29, 1.82) is 0 Å². The second-order valence-electron chi connectivity index (χ2n) is 5.59. The molecule has 0 radical (unpaired) electrons. The number of fused-ring (bicyclic) bond motifs is 1. The summed E-state index contributed by atoms with van der Waals surface area (Å²) in [5, 5.41) is 8.35. The minimum atomic E-state index is 0.00175. The molecule has 5 heteroatoms. The van der Waals surface area contributed by atoms with Crippen LogP contribution in [-0.2, 0) is 25.9 Å². The summed E-state index contributed by atoms with van der Waals surface area (Å²) in [7, 11) is 0. The molecular weight excluding hydrogens is 294 g/mol. The zero-order valence-electron chi connectivity index (χ0n) is 13.0. The Balaban J connectivity index is 1.75. The molecule has 0 unspecified atom stereocenters. The normalized spacial score (nSPS) is 13.7. The maximum atomic E-state index is 12.3. The molecule has 1 aliphatic heterocycles.